The number of ether oxygens (including phenoxy) is 6. The summed E-state index contributed by atoms with van der Waals surface area (Å²) in [4.78, 5) is 96.5. The second kappa shape index (κ2) is 44.9. The zero-order valence-corrected chi connectivity index (χ0v) is 88.8. The number of benzene rings is 6. The minimum absolute atomic E-state index is 0.0318. The van der Waals surface area contributed by atoms with Crippen LogP contribution in [0.3, 0.4) is 0 Å². The fourth-order valence-corrected chi connectivity index (χ4v) is 22.9. The molecule has 1 aliphatic heterocycles. The number of esters is 3. The number of fused-ring (bicyclic) bond motifs is 3. The molecule has 0 unspecified atom stereocenters. The van der Waals surface area contributed by atoms with E-state index in [1.165, 1.54) is 70.5 Å². The van der Waals surface area contributed by atoms with Crippen LogP contribution in [0.4, 0.5) is 17.5 Å². The molecule has 6 aromatic carbocycles. The van der Waals surface area contributed by atoms with E-state index < -0.39 is 56.3 Å². The summed E-state index contributed by atoms with van der Waals surface area (Å²) in [6, 6.07) is 67.2. The lowest BCUT2D eigenvalue weighted by Gasteiger charge is -2.32. The number of carbonyl (C=O) groups is 4. The van der Waals surface area contributed by atoms with Crippen LogP contribution >= 0.6 is 68.2 Å². The molecule has 1 saturated heterocycles. The van der Waals surface area contributed by atoms with Crippen molar-refractivity contribution in [3.05, 3.63) is 333 Å². The van der Waals surface area contributed by atoms with Gasteiger partial charge in [-0.1, -0.05) is 158 Å². The van der Waals surface area contributed by atoms with Crippen molar-refractivity contribution in [1.82, 2.24) is 57.8 Å². The molecule has 0 amide bonds. The van der Waals surface area contributed by atoms with E-state index in [1.54, 1.807) is 115 Å². The summed E-state index contributed by atoms with van der Waals surface area (Å²) >= 11 is 11.6. The molecule has 12 aromatic heterocycles. The molecule has 758 valence electrons. The second-order valence-electron chi connectivity index (χ2n) is 36.7. The third-order valence-corrected chi connectivity index (χ3v) is 32.8. The topological polar surface area (TPSA) is 385 Å². The van der Waals surface area contributed by atoms with Crippen molar-refractivity contribution in [3.8, 4) is 71.9 Å². The number of nitrogen functional groups attached to an aromatic ring is 1. The Balaban J connectivity index is 0.000000127. The number of aromatic nitrogens is 12. The number of nitrogens with one attached hydrogen (secondary N) is 1. The third-order valence-electron chi connectivity index (χ3n) is 25.4. The molecule has 3 N–H and O–H groups in total. The van der Waals surface area contributed by atoms with Crippen molar-refractivity contribution in [2.75, 3.05) is 36.9 Å². The van der Waals surface area contributed by atoms with Crippen molar-refractivity contribution in [2.24, 2.45) is 5.92 Å². The van der Waals surface area contributed by atoms with Crippen LogP contribution in [0.2, 0.25) is 0 Å². The van der Waals surface area contributed by atoms with Crippen LogP contribution < -0.4 is 35.2 Å². The molecular formula is C110H100BClIN15O16S5. The van der Waals surface area contributed by atoms with Crippen molar-refractivity contribution >= 4 is 174 Å². The molecule has 5 fully saturated rings. The SMILES string of the molecule is CC1(C)OB(c2cc(-c3nccs3)cnc2OC2CC2)OC1(C)C.COC(=O)c1cnc(N(Cc2ccccc2)Cc2ccccc2)c2c1cc(-c1cc(-c3nccs3)cnc1OC1CC1)n2S(=O)(=O)c1ccccc1.COC(=O)c1cnc(N(Cc2ccccc2)Cc2ccccc2)c2c1cc(I)n2S(=O)(=O)c1ccccc1.COC(=O)c1cnc(N)c2[nH]c(-c3cc(-c4nccs4)cnc3OC3CC3)cc12.O=C(Cl)C1CC1. The highest BCUT2D eigenvalue weighted by Crippen LogP contribution is 2.47. The zero-order chi connectivity index (χ0) is 104. The summed E-state index contributed by atoms with van der Waals surface area (Å²) in [5.74, 6) is 1.06. The maximum absolute atomic E-state index is 15.1. The number of nitrogens with two attached hydrogens (primary N) is 1. The normalized spacial score (nSPS) is 14.4. The van der Waals surface area contributed by atoms with Crippen LogP contribution in [0.5, 0.6) is 17.6 Å². The highest BCUT2D eigenvalue weighted by Gasteiger charge is 2.53. The van der Waals surface area contributed by atoms with Crippen LogP contribution in [0.15, 0.2) is 300 Å². The number of rotatable bonds is 30. The van der Waals surface area contributed by atoms with Crippen LogP contribution in [0.25, 0.3) is 86.9 Å². The average Bonchev–Trinajstić information content (AvgIpc) is 1.56. The molecule has 5 aliphatic rings. The summed E-state index contributed by atoms with van der Waals surface area (Å²) in [5.41, 5.74) is 16.7. The van der Waals surface area contributed by atoms with Gasteiger partial charge >= 0.3 is 25.0 Å². The predicted molar refractivity (Wildman–Crippen MR) is 585 cm³/mol. The minimum atomic E-state index is -4.35. The minimum Gasteiger partial charge on any atom is -0.475 e. The number of aromatic amines is 1. The number of hydrogen-bond donors (Lipinski definition) is 2. The molecule has 0 radical (unpaired) electrons. The highest BCUT2D eigenvalue weighted by molar-refractivity contribution is 14.1. The molecule has 31 nitrogen and oxygen atoms in total. The van der Waals surface area contributed by atoms with Gasteiger partial charge in [-0.25, -0.2) is 84.0 Å². The fraction of sp³-hybridized carbons (Fsp3) is 0.227. The van der Waals surface area contributed by atoms with E-state index in [9.17, 15) is 27.6 Å². The fourth-order valence-electron chi connectivity index (χ4n) is 16.5. The Labute approximate surface area is 890 Å². The number of nitrogens with zero attached hydrogens (tertiary/aromatic N) is 13. The van der Waals surface area contributed by atoms with Crippen molar-refractivity contribution in [1.29, 1.82) is 0 Å². The Morgan fingerprint density at radius 1 is 0.450 bits per heavy atom. The molecule has 0 bridgehead atoms. The van der Waals surface area contributed by atoms with Gasteiger partial charge in [0.2, 0.25) is 22.9 Å². The first-order valence-electron chi connectivity index (χ1n) is 47.9. The quantitative estimate of drug-likeness (QED) is 0.0139. The van der Waals surface area contributed by atoms with Crippen LogP contribution in [0, 0.1) is 9.62 Å². The van der Waals surface area contributed by atoms with Gasteiger partial charge in [0.15, 0.2) is 11.6 Å². The number of H-pyrrole nitrogens is 1. The molecule has 23 rings (SSSR count). The number of pyridine rings is 6. The number of anilines is 3. The first-order valence-corrected chi connectivity index (χ1v) is 54.9. The Morgan fingerprint density at radius 2 is 0.812 bits per heavy atom. The molecule has 39 heteroatoms. The van der Waals surface area contributed by atoms with Crippen molar-refractivity contribution in [2.45, 2.75) is 145 Å². The van der Waals surface area contributed by atoms with E-state index in [1.807, 2.05) is 228 Å². The smallest absolute Gasteiger partial charge is 0.475 e. The highest BCUT2D eigenvalue weighted by atomic mass is 127. The number of thiazole rings is 3. The Bertz CT molecular complexity index is 8020. The van der Waals surface area contributed by atoms with Gasteiger partial charge in [-0.3, -0.25) is 4.79 Å². The Morgan fingerprint density at radius 3 is 1.20 bits per heavy atom. The van der Waals surface area contributed by atoms with Crippen LogP contribution in [-0.4, -0.2) is 156 Å². The first kappa shape index (κ1) is 103. The van der Waals surface area contributed by atoms with Gasteiger partial charge in [-0.05, 0) is 196 Å². The largest absolute Gasteiger partial charge is 0.500 e. The Kier molecular flexibility index (Phi) is 31.1. The van der Waals surface area contributed by atoms with Gasteiger partial charge in [0.1, 0.15) is 50.2 Å². The van der Waals surface area contributed by atoms with Gasteiger partial charge in [-0.15, -0.1) is 34.0 Å². The average molecular weight is 2220 g/mol. The third kappa shape index (κ3) is 23.5. The van der Waals surface area contributed by atoms with Gasteiger partial charge in [0.05, 0.1) is 90.7 Å². The number of halogens is 2. The monoisotopic (exact) mass is 2220 g/mol. The molecule has 4 aliphatic carbocycles. The summed E-state index contributed by atoms with van der Waals surface area (Å²) in [6.45, 7) is 9.94. The predicted octanol–water partition coefficient (Wildman–Crippen LogP) is 21.7. The summed E-state index contributed by atoms with van der Waals surface area (Å²) in [5, 5.41) is 9.55. The molecule has 149 heavy (non-hydrogen) atoms. The second-order valence-corrected chi connectivity index (χ2v) is 44.5. The molecule has 13 heterocycles. The zero-order valence-electron chi connectivity index (χ0n) is 81.8. The number of methoxy groups -OCH3 is 3. The van der Waals surface area contributed by atoms with Crippen molar-refractivity contribution < 1.29 is 73.7 Å². The van der Waals surface area contributed by atoms with E-state index in [2.05, 4.69) is 39.9 Å². The van der Waals surface area contributed by atoms with E-state index in [-0.39, 0.29) is 67.5 Å². The van der Waals surface area contributed by atoms with Gasteiger partial charge < -0.3 is 58.2 Å². The van der Waals surface area contributed by atoms with Crippen LogP contribution in [0.1, 0.15) is 132 Å². The lowest BCUT2D eigenvalue weighted by atomic mass is 9.79. The van der Waals surface area contributed by atoms with Gasteiger partial charge in [0, 0.05) is 142 Å². The first-order chi connectivity index (χ1) is 72.1. The van der Waals surface area contributed by atoms with Gasteiger partial charge in [-0.2, -0.15) is 0 Å². The number of hydrogen-bond acceptors (Lipinski definition) is 31. The summed E-state index contributed by atoms with van der Waals surface area (Å²) in [6.07, 6.45) is 23.3. The van der Waals surface area contributed by atoms with E-state index in [0.717, 1.165) is 116 Å². The number of carbonyl (C=O) groups excluding carboxylic acids is 4. The van der Waals surface area contributed by atoms with E-state index >= 15 is 8.42 Å². The molecular weight excluding hydrogens is 2120 g/mol. The van der Waals surface area contributed by atoms with E-state index in [4.69, 9.17) is 65.0 Å². The van der Waals surface area contributed by atoms with Gasteiger partial charge in [0.25, 0.3) is 20.0 Å². The standard InChI is InChI=1S/C40H33N5O5S2.C29H24IN3O4S.C20H17N5O3S.C17H21BN2O3S.C4H5ClO/c1-49-40(46)34-24-42-37(44(25-27-11-5-2-6-12-27)26-28-13-7-3-8-14-28)36-32(34)22-35(45(36)52(47,48)31-15-9-4-10-16-31)33-21-29(39-41-19-20-51-39)23-43-38(33)50-30-17-18-30;1-37-29(34)25-18-31-28(32(19-21-11-5-2-6-12-21)20-22-13-7-3-8-14-22)27-24(25)17-26(30)33(27)38(35,36)23-15-9-4-10-16-23;1-27-20(26)14-9-23-17(21)16-12(14)7-15(25-16)13-6-10(19-22-4-5-29-19)8-24-18(13)28-11-2-3-11;1-16(2)17(3,4)23-18(22-16)13-9-11(15-19-7-8-24-15)10-20-14(13)21-12-5-6-12;5-4(6)3-1-2-3/h2-16,19-24,30H,17-18,25-26H2,1H3;2-18H,19-20H2,1H3;4-9,11,25H,2-3H2,1H3,(H2,21,23);7-10,12H,5-6H2,1-4H3;3H,1-2H2. The molecule has 0 atom stereocenters. The molecule has 18 aromatic rings. The Hall–Kier alpha value is -14.5. The van der Waals surface area contributed by atoms with E-state index in [0.29, 0.717) is 103 Å². The summed E-state index contributed by atoms with van der Waals surface area (Å²) in [7, 11) is -4.93. The summed E-state index contributed by atoms with van der Waals surface area (Å²) < 4.78 is 107. The maximum atomic E-state index is 15.1. The van der Waals surface area contributed by atoms with Crippen molar-refractivity contribution in [3.63, 3.8) is 0 Å². The molecule has 0 spiro atoms. The van der Waals surface area contributed by atoms with Crippen LogP contribution in [-0.2, 0) is 74.5 Å². The lowest BCUT2D eigenvalue weighted by Crippen LogP contribution is -2.41. The molecule has 4 saturated carbocycles. The lowest BCUT2D eigenvalue weighted by molar-refractivity contribution is -0.112. The maximum Gasteiger partial charge on any atom is 0.500 e.